The lowest BCUT2D eigenvalue weighted by molar-refractivity contribution is -0.142. The number of aryl methyl sites for hydroxylation is 1. The Balaban J connectivity index is 2.47. The van der Waals surface area contributed by atoms with Crippen molar-refractivity contribution in [3.63, 3.8) is 0 Å². The Hall–Kier alpha value is -2.70. The van der Waals surface area contributed by atoms with Crippen molar-refractivity contribution in [3.8, 4) is 5.69 Å². The molecule has 0 fully saturated rings. The molecule has 24 heavy (non-hydrogen) atoms. The predicted molar refractivity (Wildman–Crippen MR) is 86.4 cm³/mol. The molecule has 0 saturated heterocycles. The topological polar surface area (TPSA) is 84.2 Å². The fourth-order valence-corrected chi connectivity index (χ4v) is 2.47. The number of nitrogens with zero attached hydrogens (tertiary/aromatic N) is 2. The maximum Gasteiger partial charge on any atom is 0.331 e. The first-order chi connectivity index (χ1) is 11.2. The molecule has 1 amide bonds. The number of aromatic nitrogens is 2. The van der Waals surface area contributed by atoms with E-state index in [4.69, 9.17) is 0 Å². The number of amides is 1. The lowest BCUT2D eigenvalue weighted by atomic mass is 10.0. The maximum absolute atomic E-state index is 13.1. The Morgan fingerprint density at radius 2 is 1.79 bits per heavy atom. The van der Waals surface area contributed by atoms with Crippen molar-refractivity contribution in [1.29, 1.82) is 0 Å². The minimum absolute atomic E-state index is 0.334. The molecule has 7 heteroatoms. The number of rotatable bonds is 5. The van der Waals surface area contributed by atoms with Gasteiger partial charge in [-0.3, -0.25) is 4.79 Å². The van der Waals surface area contributed by atoms with Crippen molar-refractivity contribution in [2.45, 2.75) is 33.7 Å². The van der Waals surface area contributed by atoms with Gasteiger partial charge in [0.2, 0.25) is 5.91 Å². The molecule has 2 N–H and O–H groups in total. The first-order valence-electron chi connectivity index (χ1n) is 7.57. The third kappa shape index (κ3) is 3.45. The summed E-state index contributed by atoms with van der Waals surface area (Å²) in [5.41, 5.74) is 2.12. The third-order valence-electron chi connectivity index (χ3n) is 3.77. The molecule has 2 rings (SSSR count). The van der Waals surface area contributed by atoms with Crippen LogP contribution >= 0.6 is 0 Å². The molecule has 0 bridgehead atoms. The summed E-state index contributed by atoms with van der Waals surface area (Å²) < 4.78 is 14.6. The number of hydrogen-bond acceptors (Lipinski definition) is 3. The van der Waals surface area contributed by atoms with Crippen LogP contribution in [0.15, 0.2) is 24.3 Å². The zero-order chi connectivity index (χ0) is 18.0. The van der Waals surface area contributed by atoms with Crippen LogP contribution in [-0.2, 0) is 9.59 Å². The Morgan fingerprint density at radius 1 is 1.21 bits per heavy atom. The summed E-state index contributed by atoms with van der Waals surface area (Å²) in [6, 6.07) is 4.54. The SMILES string of the molecule is Cc1nn(-c2ccc(F)cc2)c(C)c1C(NC(=O)C(C)C)C(=O)O. The minimum atomic E-state index is -1.19. The maximum atomic E-state index is 13.1. The second-order valence-electron chi connectivity index (χ2n) is 5.91. The van der Waals surface area contributed by atoms with Gasteiger partial charge in [-0.1, -0.05) is 13.8 Å². The van der Waals surface area contributed by atoms with Gasteiger partial charge >= 0.3 is 5.97 Å². The molecule has 128 valence electrons. The molecule has 1 aromatic heterocycles. The first kappa shape index (κ1) is 17.7. The van der Waals surface area contributed by atoms with Crippen molar-refractivity contribution in [2.24, 2.45) is 5.92 Å². The van der Waals surface area contributed by atoms with E-state index in [1.165, 1.54) is 12.1 Å². The summed E-state index contributed by atoms with van der Waals surface area (Å²) in [7, 11) is 0. The summed E-state index contributed by atoms with van der Waals surface area (Å²) in [4.78, 5) is 23.6. The molecule has 2 aromatic rings. The third-order valence-corrected chi connectivity index (χ3v) is 3.77. The minimum Gasteiger partial charge on any atom is -0.479 e. The normalized spacial score (nSPS) is 12.2. The number of benzene rings is 1. The van der Waals surface area contributed by atoms with Crippen molar-refractivity contribution in [2.75, 3.05) is 0 Å². The summed E-state index contributed by atoms with van der Waals surface area (Å²) in [6.07, 6.45) is 0. The number of hydrogen-bond donors (Lipinski definition) is 2. The molecule has 0 spiro atoms. The average Bonchev–Trinajstić information content (AvgIpc) is 2.80. The van der Waals surface area contributed by atoms with Crippen LogP contribution in [-0.4, -0.2) is 26.8 Å². The monoisotopic (exact) mass is 333 g/mol. The molecule has 1 aromatic carbocycles. The molecular weight excluding hydrogens is 313 g/mol. The van der Waals surface area contributed by atoms with E-state index in [0.29, 0.717) is 22.6 Å². The van der Waals surface area contributed by atoms with Crippen molar-refractivity contribution in [1.82, 2.24) is 15.1 Å². The van der Waals surface area contributed by atoms with Gasteiger partial charge in [-0.05, 0) is 38.1 Å². The van der Waals surface area contributed by atoms with E-state index < -0.39 is 12.0 Å². The standard InChI is InChI=1S/C17H20FN3O3/c1-9(2)16(22)19-15(17(23)24)14-10(3)20-21(11(14)4)13-7-5-12(18)6-8-13/h5-9,15H,1-4H3,(H,19,22)(H,23,24). The van der Waals surface area contributed by atoms with Gasteiger partial charge in [-0.15, -0.1) is 0 Å². The summed E-state index contributed by atoms with van der Waals surface area (Å²) in [5, 5.41) is 16.4. The molecule has 0 saturated carbocycles. The number of aliphatic carboxylic acids is 1. The highest BCUT2D eigenvalue weighted by Crippen LogP contribution is 2.25. The molecule has 6 nitrogen and oxygen atoms in total. The Kier molecular flexibility index (Phi) is 5.02. The van der Waals surface area contributed by atoms with Crippen LogP contribution in [0.1, 0.15) is 36.8 Å². The van der Waals surface area contributed by atoms with E-state index in [2.05, 4.69) is 10.4 Å². The van der Waals surface area contributed by atoms with Crippen LogP contribution in [0.2, 0.25) is 0 Å². The summed E-state index contributed by atoms with van der Waals surface area (Å²) in [6.45, 7) is 6.78. The van der Waals surface area contributed by atoms with Crippen molar-refractivity contribution in [3.05, 3.63) is 47.0 Å². The quantitative estimate of drug-likeness (QED) is 0.880. The van der Waals surface area contributed by atoms with E-state index in [1.807, 2.05) is 0 Å². The fraction of sp³-hybridized carbons (Fsp3) is 0.353. The van der Waals surface area contributed by atoms with Crippen LogP contribution < -0.4 is 5.32 Å². The molecule has 1 unspecified atom stereocenters. The molecular formula is C17H20FN3O3. The zero-order valence-corrected chi connectivity index (χ0v) is 14.0. The van der Waals surface area contributed by atoms with Gasteiger partial charge in [0, 0.05) is 17.2 Å². The van der Waals surface area contributed by atoms with E-state index in [-0.39, 0.29) is 17.6 Å². The van der Waals surface area contributed by atoms with Gasteiger partial charge in [-0.25, -0.2) is 13.9 Å². The van der Waals surface area contributed by atoms with Gasteiger partial charge < -0.3 is 10.4 Å². The number of carbonyl (C=O) groups excluding carboxylic acids is 1. The fourth-order valence-electron chi connectivity index (χ4n) is 2.47. The number of halogens is 1. The second kappa shape index (κ2) is 6.82. The van der Waals surface area contributed by atoms with Gasteiger partial charge in [0.05, 0.1) is 11.4 Å². The molecule has 1 heterocycles. The number of carbonyl (C=O) groups is 2. The summed E-state index contributed by atoms with van der Waals surface area (Å²) in [5.74, 6) is -2.21. The van der Waals surface area contributed by atoms with Crippen LogP contribution in [0.25, 0.3) is 5.69 Å². The lowest BCUT2D eigenvalue weighted by Crippen LogP contribution is -2.36. The average molecular weight is 333 g/mol. The number of carboxylic acid groups (broad SMARTS) is 1. The van der Waals surface area contributed by atoms with E-state index >= 15 is 0 Å². The van der Waals surface area contributed by atoms with Crippen molar-refractivity contribution >= 4 is 11.9 Å². The van der Waals surface area contributed by atoms with Crippen LogP contribution in [0.3, 0.4) is 0 Å². The highest BCUT2D eigenvalue weighted by molar-refractivity contribution is 5.85. The van der Waals surface area contributed by atoms with Gasteiger partial charge in [0.25, 0.3) is 0 Å². The highest BCUT2D eigenvalue weighted by Gasteiger charge is 2.29. The number of nitrogens with one attached hydrogen (secondary N) is 1. The van der Waals surface area contributed by atoms with E-state index in [1.54, 1.807) is 44.5 Å². The molecule has 1 atom stereocenters. The van der Waals surface area contributed by atoms with Gasteiger partial charge in [0.15, 0.2) is 6.04 Å². The van der Waals surface area contributed by atoms with Crippen LogP contribution in [0.4, 0.5) is 4.39 Å². The number of carboxylic acids is 1. The Bertz CT molecular complexity index is 766. The van der Waals surface area contributed by atoms with E-state index in [9.17, 15) is 19.1 Å². The molecule has 0 aliphatic carbocycles. The largest absolute Gasteiger partial charge is 0.479 e. The summed E-state index contributed by atoms with van der Waals surface area (Å²) >= 11 is 0. The van der Waals surface area contributed by atoms with E-state index in [0.717, 1.165) is 0 Å². The Morgan fingerprint density at radius 3 is 2.29 bits per heavy atom. The zero-order valence-electron chi connectivity index (χ0n) is 14.0. The van der Waals surface area contributed by atoms with Crippen molar-refractivity contribution < 1.29 is 19.1 Å². The molecule has 0 aliphatic heterocycles. The lowest BCUT2D eigenvalue weighted by Gasteiger charge is -2.17. The predicted octanol–water partition coefficient (Wildman–Crippen LogP) is 2.53. The molecule has 0 radical (unpaired) electrons. The van der Waals surface area contributed by atoms with Gasteiger partial charge in [-0.2, -0.15) is 5.10 Å². The molecule has 0 aliphatic rings. The first-order valence-corrected chi connectivity index (χ1v) is 7.57. The van der Waals surface area contributed by atoms with Crippen LogP contribution in [0, 0.1) is 25.6 Å². The smallest absolute Gasteiger partial charge is 0.331 e. The van der Waals surface area contributed by atoms with Crippen LogP contribution in [0.5, 0.6) is 0 Å². The Labute approximate surface area is 139 Å². The van der Waals surface area contributed by atoms with Gasteiger partial charge in [0.1, 0.15) is 5.82 Å². The second-order valence-corrected chi connectivity index (χ2v) is 5.91. The highest BCUT2D eigenvalue weighted by atomic mass is 19.1.